The molecule has 1 aromatic heterocycles. The van der Waals surface area contributed by atoms with E-state index in [0.29, 0.717) is 6.07 Å². The third kappa shape index (κ3) is 3.84. The number of non-ortho nitro benzene ring substituents is 1. The molecule has 0 radical (unpaired) electrons. The zero-order chi connectivity index (χ0) is 15.6. The monoisotopic (exact) mass is 394 g/mol. The zero-order valence-electron chi connectivity index (χ0n) is 10.2. The molecule has 0 saturated heterocycles. The third-order valence-electron chi connectivity index (χ3n) is 2.47. The largest absolute Gasteiger partial charge is 0.270 e. The van der Waals surface area contributed by atoms with Gasteiger partial charge in [-0.25, -0.2) is 17.5 Å². The summed E-state index contributed by atoms with van der Waals surface area (Å²) in [5.74, 6) is -1.04. The Balaban J connectivity index is 2.26. The number of hydrogen-bond acceptors (Lipinski definition) is 5. The number of thiophene rings is 1. The number of rotatable bonds is 5. The lowest BCUT2D eigenvalue weighted by Crippen LogP contribution is -2.23. The molecule has 21 heavy (non-hydrogen) atoms. The van der Waals surface area contributed by atoms with E-state index in [9.17, 15) is 22.9 Å². The van der Waals surface area contributed by atoms with Gasteiger partial charge < -0.3 is 0 Å². The molecule has 2 aromatic rings. The molecule has 1 N–H and O–H groups in total. The number of sulfonamides is 1. The van der Waals surface area contributed by atoms with E-state index in [-0.39, 0.29) is 6.54 Å². The third-order valence-corrected chi connectivity index (χ3v) is 5.59. The van der Waals surface area contributed by atoms with E-state index in [4.69, 9.17) is 0 Å². The van der Waals surface area contributed by atoms with Crippen LogP contribution in [0, 0.1) is 15.9 Å². The Morgan fingerprint density at radius 3 is 2.67 bits per heavy atom. The van der Waals surface area contributed by atoms with Crippen LogP contribution in [0.25, 0.3) is 0 Å². The Morgan fingerprint density at radius 1 is 1.38 bits per heavy atom. The fraction of sp³-hybridized carbons (Fsp3) is 0.0909. The van der Waals surface area contributed by atoms with E-state index in [2.05, 4.69) is 20.7 Å². The van der Waals surface area contributed by atoms with Gasteiger partial charge >= 0.3 is 0 Å². The molecule has 2 rings (SSSR count). The molecule has 0 aliphatic carbocycles. The minimum absolute atomic E-state index is 0.0271. The zero-order valence-corrected chi connectivity index (χ0v) is 13.5. The van der Waals surface area contributed by atoms with Crippen LogP contribution >= 0.6 is 27.3 Å². The quantitative estimate of drug-likeness (QED) is 0.623. The number of nitro benzene ring substituents is 1. The van der Waals surface area contributed by atoms with Crippen molar-refractivity contribution in [2.45, 2.75) is 11.4 Å². The Labute approximate surface area is 131 Å². The predicted molar refractivity (Wildman–Crippen MR) is 79.1 cm³/mol. The average molecular weight is 395 g/mol. The van der Waals surface area contributed by atoms with Gasteiger partial charge in [0.1, 0.15) is 10.7 Å². The molecule has 0 aliphatic heterocycles. The van der Waals surface area contributed by atoms with Crippen LogP contribution < -0.4 is 4.72 Å². The number of nitrogens with zero attached hydrogens (tertiary/aromatic N) is 1. The van der Waals surface area contributed by atoms with Gasteiger partial charge in [0.05, 0.1) is 4.92 Å². The van der Waals surface area contributed by atoms with Crippen LogP contribution in [0.5, 0.6) is 0 Å². The minimum atomic E-state index is -4.17. The smallest absolute Gasteiger partial charge is 0.258 e. The van der Waals surface area contributed by atoms with Crippen LogP contribution in [0.2, 0.25) is 0 Å². The highest BCUT2D eigenvalue weighted by atomic mass is 79.9. The predicted octanol–water partition coefficient (Wildman–Crippen LogP) is 3.04. The number of hydrogen-bond donors (Lipinski definition) is 1. The maximum absolute atomic E-state index is 13.6. The van der Waals surface area contributed by atoms with E-state index in [0.717, 1.165) is 21.5 Å². The molecule has 6 nitrogen and oxygen atoms in total. The van der Waals surface area contributed by atoms with Gasteiger partial charge in [0.15, 0.2) is 0 Å². The Kier molecular flexibility index (Phi) is 4.71. The lowest BCUT2D eigenvalue weighted by atomic mass is 10.3. The highest BCUT2D eigenvalue weighted by Gasteiger charge is 2.22. The van der Waals surface area contributed by atoms with Gasteiger partial charge in [0, 0.05) is 33.4 Å². The van der Waals surface area contributed by atoms with Crippen molar-refractivity contribution in [2.75, 3.05) is 0 Å². The van der Waals surface area contributed by atoms with Crippen LogP contribution in [0.4, 0.5) is 10.1 Å². The molecule has 0 bridgehead atoms. The Bertz CT molecular complexity index is 791. The topological polar surface area (TPSA) is 89.3 Å². The van der Waals surface area contributed by atoms with Gasteiger partial charge in [-0.2, -0.15) is 0 Å². The molecule has 10 heteroatoms. The summed E-state index contributed by atoms with van der Waals surface area (Å²) in [6, 6.07) is 4.08. The first-order valence-electron chi connectivity index (χ1n) is 5.46. The van der Waals surface area contributed by atoms with Gasteiger partial charge in [-0.1, -0.05) is 0 Å². The van der Waals surface area contributed by atoms with Crippen LogP contribution in [-0.2, 0) is 16.6 Å². The molecule has 112 valence electrons. The normalized spacial score (nSPS) is 11.5. The van der Waals surface area contributed by atoms with Gasteiger partial charge in [0.25, 0.3) is 5.69 Å². The summed E-state index contributed by atoms with van der Waals surface area (Å²) in [5.41, 5.74) is -0.490. The summed E-state index contributed by atoms with van der Waals surface area (Å²) in [7, 11) is -4.17. The molecule has 0 aliphatic rings. The van der Waals surface area contributed by atoms with E-state index in [1.807, 2.05) is 0 Å². The van der Waals surface area contributed by atoms with Gasteiger partial charge in [-0.15, -0.1) is 11.3 Å². The lowest BCUT2D eigenvalue weighted by molar-refractivity contribution is -0.385. The molecular weight excluding hydrogens is 387 g/mol. The van der Waals surface area contributed by atoms with E-state index >= 15 is 0 Å². The fourth-order valence-electron chi connectivity index (χ4n) is 1.50. The van der Waals surface area contributed by atoms with Crippen molar-refractivity contribution in [1.82, 2.24) is 4.72 Å². The first-order chi connectivity index (χ1) is 9.79. The van der Waals surface area contributed by atoms with Gasteiger partial charge in [-0.3, -0.25) is 10.1 Å². The molecule has 0 spiro atoms. The standard InChI is InChI=1S/C11H8BrFN2O4S2/c12-7-3-9(20-6-7)5-14-21(18,19)11-4-8(15(16)17)1-2-10(11)13/h1-4,6,14H,5H2. The maximum atomic E-state index is 13.6. The number of halogens is 2. The lowest BCUT2D eigenvalue weighted by Gasteiger charge is -2.06. The molecule has 0 unspecified atom stereocenters. The molecule has 0 atom stereocenters. The molecule has 1 heterocycles. The van der Waals surface area contributed by atoms with Crippen LogP contribution in [0.3, 0.4) is 0 Å². The van der Waals surface area contributed by atoms with Gasteiger partial charge in [0.2, 0.25) is 10.0 Å². The molecule has 0 amide bonds. The van der Waals surface area contributed by atoms with Crippen LogP contribution in [0.1, 0.15) is 4.88 Å². The van der Waals surface area contributed by atoms with Crippen molar-refractivity contribution in [3.8, 4) is 0 Å². The van der Waals surface area contributed by atoms with E-state index < -0.39 is 31.3 Å². The second-order valence-corrected chi connectivity index (χ2v) is 7.57. The summed E-state index contributed by atoms with van der Waals surface area (Å²) in [4.78, 5) is 9.83. The SMILES string of the molecule is O=[N+]([O-])c1ccc(F)c(S(=O)(=O)NCc2cc(Br)cs2)c1. The summed E-state index contributed by atoms with van der Waals surface area (Å²) >= 11 is 4.55. The minimum Gasteiger partial charge on any atom is -0.258 e. The molecule has 0 saturated carbocycles. The van der Waals surface area contributed by atoms with Crippen molar-refractivity contribution in [3.63, 3.8) is 0 Å². The highest BCUT2D eigenvalue weighted by Crippen LogP contribution is 2.23. The molecular formula is C11H8BrFN2O4S2. The van der Waals surface area contributed by atoms with Crippen molar-refractivity contribution in [1.29, 1.82) is 0 Å². The highest BCUT2D eigenvalue weighted by molar-refractivity contribution is 9.10. The van der Waals surface area contributed by atoms with Crippen molar-refractivity contribution < 1.29 is 17.7 Å². The Morgan fingerprint density at radius 2 is 2.10 bits per heavy atom. The van der Waals surface area contributed by atoms with E-state index in [1.165, 1.54) is 11.3 Å². The first kappa shape index (κ1) is 16.0. The first-order valence-corrected chi connectivity index (χ1v) is 8.62. The van der Waals surface area contributed by atoms with Crippen molar-refractivity contribution >= 4 is 43.0 Å². The second kappa shape index (κ2) is 6.18. The maximum Gasteiger partial charge on any atom is 0.270 e. The average Bonchev–Trinajstić information content (AvgIpc) is 2.82. The fourth-order valence-corrected chi connectivity index (χ4v) is 4.09. The Hall–Kier alpha value is -1.36. The second-order valence-electron chi connectivity index (χ2n) is 3.93. The summed E-state index contributed by atoms with van der Waals surface area (Å²) in [6.07, 6.45) is 0. The summed E-state index contributed by atoms with van der Waals surface area (Å²) in [6.45, 7) is -0.0271. The number of nitrogens with one attached hydrogen (secondary N) is 1. The van der Waals surface area contributed by atoms with Crippen molar-refractivity contribution in [2.24, 2.45) is 0 Å². The van der Waals surface area contributed by atoms with Crippen LogP contribution in [-0.4, -0.2) is 13.3 Å². The molecule has 0 fully saturated rings. The van der Waals surface area contributed by atoms with Gasteiger partial charge in [-0.05, 0) is 28.1 Å². The number of nitro groups is 1. The van der Waals surface area contributed by atoms with E-state index in [1.54, 1.807) is 11.4 Å². The number of benzene rings is 1. The molecule has 1 aromatic carbocycles. The summed E-state index contributed by atoms with van der Waals surface area (Å²) in [5, 5.41) is 12.4. The van der Waals surface area contributed by atoms with Crippen LogP contribution in [0.15, 0.2) is 39.0 Å². The van der Waals surface area contributed by atoms with Crippen molar-refractivity contribution in [3.05, 3.63) is 54.9 Å². The summed E-state index contributed by atoms with van der Waals surface area (Å²) < 4.78 is 40.7.